The van der Waals surface area contributed by atoms with Crippen molar-refractivity contribution >= 4 is 28.3 Å². The van der Waals surface area contributed by atoms with E-state index < -0.39 is 30.3 Å². The van der Waals surface area contributed by atoms with Crippen molar-refractivity contribution in [1.82, 2.24) is 9.80 Å². The minimum Gasteiger partial charge on any atom is -0.392 e. The lowest BCUT2D eigenvalue weighted by Crippen LogP contribution is -2.48. The summed E-state index contributed by atoms with van der Waals surface area (Å²) in [6.07, 6.45) is -5.87. The van der Waals surface area contributed by atoms with E-state index in [-0.39, 0.29) is 43.7 Å². The molecular weight excluding hydrogens is 647 g/mol. The first-order valence-electron chi connectivity index (χ1n) is 16.9. The SMILES string of the molecule is C[C@@H]1[C@H](CN(C)[C@H](C)c2ccc3ccccc3c2)O[C@H](c2ccc(NC(=O)[C@@H]3CCCN3C(=O)C(F)(F)F)cc2)O[C@@H]1c1ccc(CO)cc1. The van der Waals surface area contributed by atoms with Crippen LogP contribution >= 0.6 is 0 Å². The van der Waals surface area contributed by atoms with Gasteiger partial charge >= 0.3 is 12.1 Å². The second-order valence-electron chi connectivity index (χ2n) is 13.3. The van der Waals surface area contributed by atoms with Crippen LogP contribution in [0.1, 0.15) is 67.4 Å². The molecule has 50 heavy (non-hydrogen) atoms. The van der Waals surface area contributed by atoms with E-state index in [0.717, 1.165) is 11.1 Å². The molecule has 2 amide bonds. The number of aliphatic hydroxyl groups is 1. The largest absolute Gasteiger partial charge is 0.471 e. The van der Waals surface area contributed by atoms with Crippen LogP contribution in [0.5, 0.6) is 0 Å². The second kappa shape index (κ2) is 14.9. The third-order valence-corrected chi connectivity index (χ3v) is 10.0. The number of rotatable bonds is 9. The first-order valence-corrected chi connectivity index (χ1v) is 16.9. The summed E-state index contributed by atoms with van der Waals surface area (Å²) in [4.78, 5) is 27.7. The molecule has 2 N–H and O–H groups in total. The highest BCUT2D eigenvalue weighted by atomic mass is 19.4. The normalized spacial score (nSPS) is 23.3. The van der Waals surface area contributed by atoms with E-state index in [0.29, 0.717) is 29.1 Å². The minimum atomic E-state index is -5.04. The van der Waals surface area contributed by atoms with Crippen LogP contribution in [0.3, 0.4) is 0 Å². The molecule has 0 saturated carbocycles. The smallest absolute Gasteiger partial charge is 0.392 e. The first-order chi connectivity index (χ1) is 23.9. The van der Waals surface area contributed by atoms with Crippen LogP contribution in [-0.4, -0.2) is 65.2 Å². The number of ether oxygens (including phenoxy) is 2. The van der Waals surface area contributed by atoms with E-state index in [9.17, 15) is 27.9 Å². The zero-order valence-electron chi connectivity index (χ0n) is 28.3. The number of anilines is 1. The molecule has 2 saturated heterocycles. The Morgan fingerprint density at radius 2 is 1.64 bits per heavy atom. The molecule has 0 spiro atoms. The highest BCUT2D eigenvalue weighted by Gasteiger charge is 2.47. The van der Waals surface area contributed by atoms with Gasteiger partial charge in [0.2, 0.25) is 5.91 Å². The van der Waals surface area contributed by atoms with Crippen molar-refractivity contribution in [1.29, 1.82) is 0 Å². The number of carbonyl (C=O) groups is 2. The zero-order valence-corrected chi connectivity index (χ0v) is 28.3. The van der Waals surface area contributed by atoms with Crippen LogP contribution in [0.4, 0.5) is 18.9 Å². The molecule has 4 aromatic rings. The summed E-state index contributed by atoms with van der Waals surface area (Å²) in [5.74, 6) is -2.70. The molecule has 2 heterocycles. The van der Waals surface area contributed by atoms with Gasteiger partial charge in [-0.15, -0.1) is 0 Å². The van der Waals surface area contributed by atoms with Gasteiger partial charge in [0.15, 0.2) is 6.29 Å². The number of nitrogens with one attached hydrogen (secondary N) is 1. The van der Waals surface area contributed by atoms with Gasteiger partial charge in [0.25, 0.3) is 0 Å². The average Bonchev–Trinajstić information content (AvgIpc) is 3.62. The van der Waals surface area contributed by atoms with Gasteiger partial charge < -0.3 is 24.8 Å². The number of likely N-dealkylation sites (tertiary alicyclic amines) is 1. The standard InChI is InChI=1S/C39H42F3N3O5/c1-24-34(22-44(3)25(2)30-15-14-27-7-4-5-8-31(27)21-30)49-37(50-35(24)28-12-10-26(23-46)11-13-28)29-16-18-32(19-17-29)43-36(47)33-9-6-20-45(33)38(48)39(40,41)42/h4-5,7-8,10-19,21,24-25,33-35,37,46H,6,9,20,22-23H2,1-3H3,(H,43,47)/t24-,25-,33+,34+,35+,37+/m1/s1. The number of aliphatic hydroxyl groups excluding tert-OH is 1. The Kier molecular flexibility index (Phi) is 10.6. The van der Waals surface area contributed by atoms with Crippen LogP contribution in [0.15, 0.2) is 91.0 Å². The van der Waals surface area contributed by atoms with Crippen LogP contribution in [-0.2, 0) is 25.7 Å². The van der Waals surface area contributed by atoms with Crippen LogP contribution < -0.4 is 5.32 Å². The fraction of sp³-hybridized carbons (Fsp3) is 0.385. The number of halogens is 3. The Balaban J connectivity index is 1.19. The average molecular weight is 690 g/mol. The molecule has 0 radical (unpaired) electrons. The van der Waals surface area contributed by atoms with Crippen molar-refractivity contribution in [2.24, 2.45) is 5.92 Å². The third-order valence-electron chi connectivity index (χ3n) is 10.0. The Bertz CT molecular complexity index is 1800. The fourth-order valence-electron chi connectivity index (χ4n) is 6.89. The van der Waals surface area contributed by atoms with Crippen molar-refractivity contribution in [3.05, 3.63) is 113 Å². The zero-order chi connectivity index (χ0) is 35.6. The van der Waals surface area contributed by atoms with Crippen molar-refractivity contribution in [3.8, 4) is 0 Å². The molecule has 264 valence electrons. The van der Waals surface area contributed by atoms with Crippen molar-refractivity contribution in [3.63, 3.8) is 0 Å². The molecule has 2 fully saturated rings. The molecule has 2 aliphatic rings. The molecule has 6 atom stereocenters. The van der Waals surface area contributed by atoms with E-state index in [4.69, 9.17) is 9.47 Å². The van der Waals surface area contributed by atoms with E-state index in [1.807, 2.05) is 36.4 Å². The predicted molar refractivity (Wildman–Crippen MR) is 184 cm³/mol. The van der Waals surface area contributed by atoms with E-state index in [2.05, 4.69) is 61.4 Å². The molecule has 11 heteroatoms. The highest BCUT2D eigenvalue weighted by molar-refractivity contribution is 5.98. The van der Waals surface area contributed by atoms with Crippen molar-refractivity contribution in [2.45, 2.75) is 70.1 Å². The summed E-state index contributed by atoms with van der Waals surface area (Å²) < 4.78 is 52.5. The second-order valence-corrected chi connectivity index (χ2v) is 13.3. The first kappa shape index (κ1) is 35.5. The number of fused-ring (bicyclic) bond motifs is 1. The fourth-order valence-corrected chi connectivity index (χ4v) is 6.89. The maximum Gasteiger partial charge on any atom is 0.471 e. The number of hydrogen-bond acceptors (Lipinski definition) is 6. The molecule has 8 nitrogen and oxygen atoms in total. The number of carbonyl (C=O) groups excluding carboxylic acids is 2. The van der Waals surface area contributed by atoms with Gasteiger partial charge in [0, 0.05) is 36.3 Å². The lowest BCUT2D eigenvalue weighted by atomic mass is 9.89. The summed E-state index contributed by atoms with van der Waals surface area (Å²) in [6, 6.07) is 28.2. The molecule has 0 aliphatic carbocycles. The van der Waals surface area contributed by atoms with Crippen molar-refractivity contribution in [2.75, 3.05) is 25.5 Å². The van der Waals surface area contributed by atoms with Crippen LogP contribution in [0.25, 0.3) is 10.8 Å². The van der Waals surface area contributed by atoms with Crippen molar-refractivity contribution < 1.29 is 37.3 Å². The molecule has 6 rings (SSSR count). The lowest BCUT2D eigenvalue weighted by Gasteiger charge is -2.43. The Morgan fingerprint density at radius 3 is 2.32 bits per heavy atom. The quantitative estimate of drug-likeness (QED) is 0.192. The summed E-state index contributed by atoms with van der Waals surface area (Å²) in [5.41, 5.74) is 4.03. The maximum absolute atomic E-state index is 13.1. The van der Waals surface area contributed by atoms with Gasteiger partial charge in [-0.25, -0.2) is 0 Å². The van der Waals surface area contributed by atoms with Gasteiger partial charge in [-0.3, -0.25) is 14.5 Å². The van der Waals surface area contributed by atoms with Gasteiger partial charge in [0.1, 0.15) is 6.04 Å². The van der Waals surface area contributed by atoms with E-state index in [1.54, 1.807) is 24.3 Å². The summed E-state index contributed by atoms with van der Waals surface area (Å²) in [7, 11) is 2.08. The Hall–Kier alpha value is -4.29. The molecule has 4 aromatic carbocycles. The number of amides is 2. The van der Waals surface area contributed by atoms with E-state index in [1.165, 1.54) is 16.3 Å². The molecular formula is C39H42F3N3O5. The molecule has 0 bridgehead atoms. The van der Waals surface area contributed by atoms with Gasteiger partial charge in [0.05, 0.1) is 18.8 Å². The predicted octanol–water partition coefficient (Wildman–Crippen LogP) is 7.31. The maximum atomic E-state index is 13.1. The number of alkyl halides is 3. The van der Waals surface area contributed by atoms with Crippen LogP contribution in [0, 0.1) is 5.92 Å². The van der Waals surface area contributed by atoms with E-state index >= 15 is 0 Å². The Labute approximate surface area is 289 Å². The summed E-state index contributed by atoms with van der Waals surface area (Å²) in [6.45, 7) is 4.71. The summed E-state index contributed by atoms with van der Waals surface area (Å²) >= 11 is 0. The Morgan fingerprint density at radius 1 is 0.960 bits per heavy atom. The van der Waals surface area contributed by atoms with Gasteiger partial charge in [-0.1, -0.05) is 79.7 Å². The number of benzene rings is 4. The number of hydrogen-bond donors (Lipinski definition) is 2. The highest BCUT2D eigenvalue weighted by Crippen LogP contribution is 2.42. The minimum absolute atomic E-state index is 0.0372. The summed E-state index contributed by atoms with van der Waals surface area (Å²) in [5, 5.41) is 14.6. The number of likely N-dealkylation sites (N-methyl/N-ethyl adjacent to an activating group) is 1. The lowest BCUT2D eigenvalue weighted by molar-refractivity contribution is -0.276. The monoisotopic (exact) mass is 689 g/mol. The van der Waals surface area contributed by atoms with Crippen LogP contribution in [0.2, 0.25) is 0 Å². The molecule has 0 unspecified atom stereocenters. The third kappa shape index (κ3) is 7.71. The van der Waals surface area contributed by atoms with Gasteiger partial charge in [-0.2, -0.15) is 13.2 Å². The van der Waals surface area contributed by atoms with Gasteiger partial charge in [-0.05, 0) is 72.5 Å². The molecule has 2 aliphatic heterocycles. The molecule has 0 aromatic heterocycles. The number of nitrogens with zero attached hydrogens (tertiary/aromatic N) is 2. The topological polar surface area (TPSA) is 91.3 Å².